The minimum absolute atomic E-state index is 0. The smallest absolute Gasteiger partial charge is 0.308 e. The second-order valence-electron chi connectivity index (χ2n) is 2.94. The summed E-state index contributed by atoms with van der Waals surface area (Å²) in [5.74, 6) is -0.820. The summed E-state index contributed by atoms with van der Waals surface area (Å²) in [5, 5.41) is 0. The third kappa shape index (κ3) is 15.4. The van der Waals surface area contributed by atoms with Crippen LogP contribution in [-0.4, -0.2) is 31.8 Å². The third-order valence-electron chi connectivity index (χ3n) is 1.61. The lowest BCUT2D eigenvalue weighted by atomic mass is 10.3. The molecule has 0 spiro atoms. The Morgan fingerprint density at radius 3 is 1.47 bits per heavy atom. The summed E-state index contributed by atoms with van der Waals surface area (Å²) in [6, 6.07) is 0. The molecule has 0 aliphatic rings. The van der Waals surface area contributed by atoms with Crippen molar-refractivity contribution in [3.05, 3.63) is 0 Å². The maximum Gasteiger partial charge on any atom is 0.308 e. The number of rotatable bonds is 8. The van der Waals surface area contributed by atoms with Gasteiger partial charge in [-0.15, -0.1) is 24.8 Å². The number of halogens is 2. The summed E-state index contributed by atoms with van der Waals surface area (Å²) < 4.78 is 9.25. The van der Waals surface area contributed by atoms with Crippen LogP contribution in [0, 0.1) is 0 Å². The number of ether oxygens (including phenoxy) is 2. The van der Waals surface area contributed by atoms with Gasteiger partial charge in [-0.25, -0.2) is 0 Å². The Bertz CT molecular complexity index is 185. The van der Waals surface area contributed by atoms with E-state index in [4.69, 9.17) is 11.5 Å². The van der Waals surface area contributed by atoms with Gasteiger partial charge >= 0.3 is 11.9 Å². The zero-order valence-electron chi connectivity index (χ0n) is 9.55. The number of hydrogen-bond acceptors (Lipinski definition) is 6. The van der Waals surface area contributed by atoms with Gasteiger partial charge in [-0.2, -0.15) is 0 Å². The third-order valence-corrected chi connectivity index (χ3v) is 1.61. The number of nitrogens with two attached hydrogens (primary N) is 2. The fourth-order valence-electron chi connectivity index (χ4n) is 0.798. The Morgan fingerprint density at radius 1 is 0.824 bits per heavy atom. The van der Waals surface area contributed by atoms with E-state index in [0.717, 1.165) is 0 Å². The topological polar surface area (TPSA) is 105 Å². The Balaban J connectivity index is -0.000000980. The van der Waals surface area contributed by atoms with E-state index in [2.05, 4.69) is 9.47 Å². The molecule has 0 aromatic rings. The van der Waals surface area contributed by atoms with Gasteiger partial charge in [0.1, 0.15) is 0 Å². The molecule has 0 fully saturated rings. The van der Waals surface area contributed by atoms with Gasteiger partial charge < -0.3 is 20.9 Å². The molecule has 0 aliphatic heterocycles. The van der Waals surface area contributed by atoms with Gasteiger partial charge in [-0.05, 0) is 25.9 Å². The summed E-state index contributed by atoms with van der Waals surface area (Å²) in [5.41, 5.74) is 10.4. The van der Waals surface area contributed by atoms with Crippen molar-refractivity contribution in [1.29, 1.82) is 0 Å². The fraction of sp³-hybridized carbons (Fsp3) is 0.778. The van der Waals surface area contributed by atoms with Crippen LogP contribution in [0.5, 0.6) is 0 Å². The zero-order valence-corrected chi connectivity index (χ0v) is 11.2. The highest BCUT2D eigenvalue weighted by Crippen LogP contribution is 1.94. The molecule has 0 aliphatic carbocycles. The van der Waals surface area contributed by atoms with E-state index in [1.54, 1.807) is 0 Å². The summed E-state index contributed by atoms with van der Waals surface area (Å²) in [6.45, 7) is 0.545. The normalized spacial score (nSPS) is 8.59. The average molecular weight is 291 g/mol. The highest BCUT2D eigenvalue weighted by Gasteiger charge is 2.04. The summed E-state index contributed by atoms with van der Waals surface area (Å²) in [6.07, 6.45) is 1.63. The van der Waals surface area contributed by atoms with Crippen LogP contribution in [-0.2, 0) is 19.1 Å². The molecule has 0 amide bonds. The van der Waals surface area contributed by atoms with E-state index in [1.165, 1.54) is 0 Å². The molecule has 8 heteroatoms. The Labute approximate surface area is 113 Å². The molecule has 0 atom stereocenters. The van der Waals surface area contributed by atoms with Crippen molar-refractivity contribution in [3.63, 3.8) is 0 Å². The Kier molecular flexibility index (Phi) is 19.7. The Hall–Kier alpha value is -0.560. The lowest BCUT2D eigenvalue weighted by Crippen LogP contribution is -2.14. The van der Waals surface area contributed by atoms with Crippen LogP contribution in [0.15, 0.2) is 0 Å². The first kappa shape index (κ1) is 21.7. The molecular formula is C9H20Cl2N2O4. The highest BCUT2D eigenvalue weighted by molar-refractivity contribution is 5.85. The summed E-state index contributed by atoms with van der Waals surface area (Å²) >= 11 is 0. The van der Waals surface area contributed by atoms with Crippen LogP contribution in [0.1, 0.15) is 25.7 Å². The van der Waals surface area contributed by atoms with Crippen molar-refractivity contribution in [3.8, 4) is 0 Å². The van der Waals surface area contributed by atoms with Crippen molar-refractivity contribution in [1.82, 2.24) is 0 Å². The molecule has 0 saturated carbocycles. The molecule has 0 aromatic heterocycles. The van der Waals surface area contributed by atoms with Crippen LogP contribution >= 0.6 is 24.8 Å². The zero-order chi connectivity index (χ0) is 11.5. The van der Waals surface area contributed by atoms with Gasteiger partial charge in [0.15, 0.2) is 0 Å². The monoisotopic (exact) mass is 290 g/mol. The van der Waals surface area contributed by atoms with Gasteiger partial charge in [0.05, 0.1) is 0 Å². The maximum atomic E-state index is 10.9. The van der Waals surface area contributed by atoms with Gasteiger partial charge in [0.2, 0.25) is 6.79 Å². The number of carbonyl (C=O) groups excluding carboxylic acids is 2. The molecular weight excluding hydrogens is 271 g/mol. The van der Waals surface area contributed by atoms with Crippen LogP contribution in [0.2, 0.25) is 0 Å². The van der Waals surface area contributed by atoms with E-state index < -0.39 is 11.9 Å². The molecule has 0 radical (unpaired) electrons. The van der Waals surface area contributed by atoms with Crippen molar-refractivity contribution in [2.24, 2.45) is 11.5 Å². The van der Waals surface area contributed by atoms with Crippen molar-refractivity contribution in [2.75, 3.05) is 19.9 Å². The van der Waals surface area contributed by atoms with E-state index in [0.29, 0.717) is 25.9 Å². The second-order valence-corrected chi connectivity index (χ2v) is 2.94. The van der Waals surface area contributed by atoms with Crippen molar-refractivity contribution >= 4 is 36.8 Å². The van der Waals surface area contributed by atoms with E-state index >= 15 is 0 Å². The number of esters is 2. The molecule has 17 heavy (non-hydrogen) atoms. The van der Waals surface area contributed by atoms with Crippen molar-refractivity contribution < 1.29 is 19.1 Å². The van der Waals surface area contributed by atoms with E-state index in [1.807, 2.05) is 0 Å². The Morgan fingerprint density at radius 2 is 1.18 bits per heavy atom. The lowest BCUT2D eigenvalue weighted by molar-refractivity contribution is -0.167. The summed E-state index contributed by atoms with van der Waals surface area (Å²) in [7, 11) is 0. The van der Waals surface area contributed by atoms with Crippen LogP contribution < -0.4 is 11.5 Å². The second kappa shape index (κ2) is 15.4. The standard InChI is InChI=1S/C9H18N2O4.2ClH/c10-5-1-3-8(12)14-7-15-9(13)4-2-6-11;;/h1-7,10-11H2;2*1H. The van der Waals surface area contributed by atoms with Gasteiger partial charge in [0.25, 0.3) is 0 Å². The van der Waals surface area contributed by atoms with Gasteiger partial charge in [0, 0.05) is 12.8 Å². The van der Waals surface area contributed by atoms with Crippen LogP contribution in [0.4, 0.5) is 0 Å². The average Bonchev–Trinajstić information content (AvgIpc) is 2.23. The predicted octanol–water partition coefficient (Wildman–Crippen LogP) is 0.352. The molecule has 6 nitrogen and oxygen atoms in total. The fourth-order valence-corrected chi connectivity index (χ4v) is 0.798. The number of hydrogen-bond donors (Lipinski definition) is 2. The highest BCUT2D eigenvalue weighted by atomic mass is 35.5. The van der Waals surface area contributed by atoms with E-state index in [-0.39, 0.29) is 44.4 Å². The maximum absolute atomic E-state index is 10.9. The summed E-state index contributed by atoms with van der Waals surface area (Å²) in [4.78, 5) is 21.8. The van der Waals surface area contributed by atoms with Gasteiger partial charge in [-0.3, -0.25) is 9.59 Å². The van der Waals surface area contributed by atoms with Crippen LogP contribution in [0.25, 0.3) is 0 Å². The molecule has 0 saturated heterocycles. The first-order chi connectivity index (χ1) is 7.20. The first-order valence-electron chi connectivity index (χ1n) is 4.92. The quantitative estimate of drug-likeness (QED) is 0.494. The largest absolute Gasteiger partial charge is 0.428 e. The molecule has 0 rings (SSSR count). The molecule has 4 N–H and O–H groups in total. The van der Waals surface area contributed by atoms with E-state index in [9.17, 15) is 9.59 Å². The SMILES string of the molecule is Cl.Cl.NCCCC(=O)OCOC(=O)CCCN. The molecule has 0 bridgehead atoms. The lowest BCUT2D eigenvalue weighted by Gasteiger charge is -2.05. The molecule has 104 valence electrons. The minimum atomic E-state index is -0.410. The van der Waals surface area contributed by atoms with Crippen molar-refractivity contribution in [2.45, 2.75) is 25.7 Å². The number of carbonyl (C=O) groups is 2. The predicted molar refractivity (Wildman–Crippen MR) is 68.1 cm³/mol. The molecule has 0 aromatic carbocycles. The molecule has 0 heterocycles. The minimum Gasteiger partial charge on any atom is -0.428 e. The van der Waals surface area contributed by atoms with Crippen LogP contribution in [0.3, 0.4) is 0 Å². The molecule has 0 unspecified atom stereocenters. The van der Waals surface area contributed by atoms with Gasteiger partial charge in [-0.1, -0.05) is 0 Å². The first-order valence-corrected chi connectivity index (χ1v) is 4.92.